The smallest absolute Gasteiger partial charge is 0.147 e. The van der Waals surface area contributed by atoms with Crippen molar-refractivity contribution in [3.63, 3.8) is 0 Å². The van der Waals surface area contributed by atoms with Gasteiger partial charge in [0, 0.05) is 24.2 Å². The van der Waals surface area contributed by atoms with Crippen LogP contribution in [0, 0.1) is 5.82 Å². The van der Waals surface area contributed by atoms with E-state index < -0.39 is 0 Å². The van der Waals surface area contributed by atoms with Crippen molar-refractivity contribution in [1.82, 2.24) is 4.57 Å². The molecule has 2 aromatic rings. The first kappa shape index (κ1) is 9.18. The normalized spacial score (nSPS) is 11.1. The van der Waals surface area contributed by atoms with Crippen LogP contribution in [0.2, 0.25) is 0 Å². The van der Waals surface area contributed by atoms with Crippen LogP contribution >= 0.6 is 0 Å². The van der Waals surface area contributed by atoms with Crippen LogP contribution < -0.4 is 5.90 Å². The third-order valence-electron chi connectivity index (χ3n) is 2.27. The summed E-state index contributed by atoms with van der Waals surface area (Å²) in [6, 6.07) is 4.97. The molecule has 0 saturated carbocycles. The van der Waals surface area contributed by atoms with Crippen LogP contribution in [0.5, 0.6) is 0 Å². The van der Waals surface area contributed by atoms with Gasteiger partial charge in [-0.1, -0.05) is 12.1 Å². The fraction of sp³-hybridized carbons (Fsp3) is 0.200. The molecule has 2 N–H and O–H groups in total. The largest absolute Gasteiger partial charge is 0.348 e. The lowest BCUT2D eigenvalue weighted by Crippen LogP contribution is -1.97. The summed E-state index contributed by atoms with van der Waals surface area (Å²) in [4.78, 5) is 4.55. The van der Waals surface area contributed by atoms with Crippen LogP contribution in [0.1, 0.15) is 5.56 Å². The maximum Gasteiger partial charge on any atom is 0.147 e. The maximum atomic E-state index is 13.4. The molecule has 1 aromatic carbocycles. The molecule has 4 heteroatoms. The Kier molecular flexibility index (Phi) is 2.23. The molecule has 14 heavy (non-hydrogen) atoms. The average molecular weight is 194 g/mol. The van der Waals surface area contributed by atoms with Crippen molar-refractivity contribution in [2.24, 2.45) is 12.9 Å². The lowest BCUT2D eigenvalue weighted by molar-refractivity contribution is 0.125. The number of benzene rings is 1. The fourth-order valence-corrected chi connectivity index (χ4v) is 1.71. The van der Waals surface area contributed by atoms with Gasteiger partial charge >= 0.3 is 0 Å². The van der Waals surface area contributed by atoms with E-state index in [2.05, 4.69) is 4.84 Å². The van der Waals surface area contributed by atoms with E-state index in [9.17, 15) is 4.39 Å². The molecular weight excluding hydrogens is 183 g/mol. The van der Waals surface area contributed by atoms with Gasteiger partial charge in [0.25, 0.3) is 0 Å². The summed E-state index contributed by atoms with van der Waals surface area (Å²) in [7, 11) is 1.80. The zero-order chi connectivity index (χ0) is 10.1. The standard InChI is InChI=1S/C10H11FN2O/c1-13-5-7(6-14-12)8-3-2-4-9(11)10(8)13/h2-5H,6,12H2,1H3. The average Bonchev–Trinajstić information content (AvgIpc) is 2.46. The highest BCUT2D eigenvalue weighted by atomic mass is 19.1. The van der Waals surface area contributed by atoms with Crippen LogP contribution in [0.3, 0.4) is 0 Å². The van der Waals surface area contributed by atoms with Crippen molar-refractivity contribution < 1.29 is 9.23 Å². The second-order valence-corrected chi connectivity index (χ2v) is 3.21. The van der Waals surface area contributed by atoms with Crippen molar-refractivity contribution in [3.05, 3.63) is 35.8 Å². The summed E-state index contributed by atoms with van der Waals surface area (Å²) in [5.41, 5.74) is 1.48. The first-order chi connectivity index (χ1) is 6.74. The van der Waals surface area contributed by atoms with E-state index in [0.29, 0.717) is 12.1 Å². The maximum absolute atomic E-state index is 13.4. The number of nitrogens with two attached hydrogens (primary N) is 1. The summed E-state index contributed by atoms with van der Waals surface area (Å²) in [6.07, 6.45) is 1.82. The van der Waals surface area contributed by atoms with E-state index in [0.717, 1.165) is 10.9 Å². The van der Waals surface area contributed by atoms with Crippen molar-refractivity contribution in [2.45, 2.75) is 6.61 Å². The summed E-state index contributed by atoms with van der Waals surface area (Å²) < 4.78 is 15.1. The van der Waals surface area contributed by atoms with Crippen molar-refractivity contribution in [3.8, 4) is 0 Å². The van der Waals surface area contributed by atoms with Crippen molar-refractivity contribution >= 4 is 10.9 Å². The van der Waals surface area contributed by atoms with E-state index in [1.165, 1.54) is 6.07 Å². The van der Waals surface area contributed by atoms with Gasteiger partial charge in [0.1, 0.15) is 5.82 Å². The molecule has 0 aliphatic heterocycles. The van der Waals surface area contributed by atoms with Gasteiger partial charge in [-0.15, -0.1) is 0 Å². The highest BCUT2D eigenvalue weighted by Crippen LogP contribution is 2.23. The van der Waals surface area contributed by atoms with Crippen LogP contribution in [0.25, 0.3) is 10.9 Å². The number of aryl methyl sites for hydroxylation is 1. The number of aromatic nitrogens is 1. The summed E-state index contributed by atoms with van der Waals surface area (Å²) in [5.74, 6) is 4.77. The molecule has 0 saturated heterocycles. The second-order valence-electron chi connectivity index (χ2n) is 3.21. The molecule has 3 nitrogen and oxygen atoms in total. The summed E-state index contributed by atoms with van der Waals surface area (Å²) >= 11 is 0. The fourth-order valence-electron chi connectivity index (χ4n) is 1.71. The highest BCUT2D eigenvalue weighted by molar-refractivity contribution is 5.84. The summed E-state index contributed by atoms with van der Waals surface area (Å²) in [5, 5.41) is 0.845. The van der Waals surface area contributed by atoms with Crippen LogP contribution in [0.4, 0.5) is 4.39 Å². The molecule has 0 aliphatic carbocycles. The highest BCUT2D eigenvalue weighted by Gasteiger charge is 2.09. The molecule has 1 heterocycles. The van der Waals surface area contributed by atoms with Crippen molar-refractivity contribution in [1.29, 1.82) is 0 Å². The number of halogens is 1. The minimum atomic E-state index is -0.228. The van der Waals surface area contributed by atoms with E-state index in [1.54, 1.807) is 17.7 Å². The monoisotopic (exact) mass is 194 g/mol. The van der Waals surface area contributed by atoms with Crippen LogP contribution in [-0.2, 0) is 18.5 Å². The Hall–Kier alpha value is -1.39. The van der Waals surface area contributed by atoms with Crippen LogP contribution in [-0.4, -0.2) is 4.57 Å². The minimum absolute atomic E-state index is 0.228. The Morgan fingerprint density at radius 2 is 2.29 bits per heavy atom. The van der Waals surface area contributed by atoms with E-state index in [4.69, 9.17) is 5.90 Å². The Labute approximate surface area is 80.8 Å². The Balaban J connectivity index is 2.71. The van der Waals surface area contributed by atoms with Gasteiger partial charge in [-0.3, -0.25) is 4.84 Å². The molecule has 74 valence electrons. The SMILES string of the molecule is Cn1cc(CON)c2cccc(F)c21. The molecule has 0 atom stereocenters. The lowest BCUT2D eigenvalue weighted by Gasteiger charge is -1.97. The molecule has 0 spiro atoms. The summed E-state index contributed by atoms with van der Waals surface area (Å²) in [6.45, 7) is 0.292. The van der Waals surface area contributed by atoms with E-state index in [-0.39, 0.29) is 5.82 Å². The predicted octanol–water partition coefficient (Wildman–Crippen LogP) is 1.71. The first-order valence-electron chi connectivity index (χ1n) is 4.28. The zero-order valence-electron chi connectivity index (χ0n) is 7.83. The van der Waals surface area contributed by atoms with Gasteiger partial charge in [-0.25, -0.2) is 10.3 Å². The van der Waals surface area contributed by atoms with Crippen LogP contribution in [0.15, 0.2) is 24.4 Å². The quantitative estimate of drug-likeness (QED) is 0.739. The first-order valence-corrected chi connectivity index (χ1v) is 4.28. The topological polar surface area (TPSA) is 40.2 Å². The van der Waals surface area contributed by atoms with Gasteiger partial charge in [0.2, 0.25) is 0 Å². The number of para-hydroxylation sites is 1. The number of hydrogen-bond acceptors (Lipinski definition) is 2. The van der Waals surface area contributed by atoms with Crippen molar-refractivity contribution in [2.75, 3.05) is 0 Å². The zero-order valence-corrected chi connectivity index (χ0v) is 7.83. The minimum Gasteiger partial charge on any atom is -0.348 e. The number of nitrogens with zero attached hydrogens (tertiary/aromatic N) is 1. The predicted molar refractivity (Wildman–Crippen MR) is 51.9 cm³/mol. The van der Waals surface area contributed by atoms with Gasteiger partial charge in [0.05, 0.1) is 12.1 Å². The molecule has 0 bridgehead atoms. The molecule has 2 rings (SSSR count). The molecule has 0 radical (unpaired) electrons. The van der Waals surface area contributed by atoms with Gasteiger partial charge in [-0.2, -0.15) is 0 Å². The molecule has 0 aliphatic rings. The number of fused-ring (bicyclic) bond motifs is 1. The third-order valence-corrected chi connectivity index (χ3v) is 2.27. The van der Waals surface area contributed by atoms with Gasteiger partial charge < -0.3 is 4.57 Å². The molecule has 0 fully saturated rings. The third kappa shape index (κ3) is 1.29. The Morgan fingerprint density at radius 1 is 1.50 bits per heavy atom. The van der Waals surface area contributed by atoms with Gasteiger partial charge in [-0.05, 0) is 6.07 Å². The molecule has 1 aromatic heterocycles. The van der Waals surface area contributed by atoms with Gasteiger partial charge in [0.15, 0.2) is 0 Å². The van der Waals surface area contributed by atoms with E-state index in [1.807, 2.05) is 12.3 Å². The molecule has 0 amide bonds. The number of rotatable bonds is 2. The Morgan fingerprint density at radius 3 is 3.00 bits per heavy atom. The van der Waals surface area contributed by atoms with E-state index >= 15 is 0 Å². The second kappa shape index (κ2) is 3.40. The number of hydrogen-bond donors (Lipinski definition) is 1. The lowest BCUT2D eigenvalue weighted by atomic mass is 10.2. The molecular formula is C10H11FN2O. The molecule has 0 unspecified atom stereocenters. The Bertz CT molecular complexity index is 464.